The number of carbonyl (C=O) groups is 2. The van der Waals surface area contributed by atoms with E-state index in [1.165, 1.54) is 7.05 Å². The third-order valence-electron chi connectivity index (χ3n) is 2.81. The van der Waals surface area contributed by atoms with E-state index >= 15 is 0 Å². The minimum atomic E-state index is -0.544. The van der Waals surface area contributed by atoms with Gasteiger partial charge in [0.05, 0.1) is 10.4 Å². The molecule has 1 fully saturated rings. The summed E-state index contributed by atoms with van der Waals surface area (Å²) in [7, 11) is 1.43. The largest absolute Gasteiger partial charge is 0.417 e. The van der Waals surface area contributed by atoms with E-state index in [9.17, 15) is 14.4 Å². The molecule has 20 heavy (non-hydrogen) atoms. The average Bonchev–Trinajstić information content (AvgIpc) is 2.85. The van der Waals surface area contributed by atoms with Crippen molar-refractivity contribution in [2.75, 3.05) is 7.05 Å². The van der Waals surface area contributed by atoms with Crippen molar-refractivity contribution in [1.29, 1.82) is 0 Å². The number of H-pyrrole nitrogens is 1. The van der Waals surface area contributed by atoms with Crippen molar-refractivity contribution in [1.82, 2.24) is 9.88 Å². The van der Waals surface area contributed by atoms with Gasteiger partial charge in [0.15, 0.2) is 5.58 Å². The maximum Gasteiger partial charge on any atom is 0.417 e. The van der Waals surface area contributed by atoms with Gasteiger partial charge in [-0.3, -0.25) is 19.5 Å². The number of aromatic nitrogens is 1. The quantitative estimate of drug-likeness (QED) is 0.795. The highest BCUT2D eigenvalue weighted by atomic mass is 79.9. The van der Waals surface area contributed by atoms with Crippen LogP contribution in [-0.4, -0.2) is 28.1 Å². The number of likely N-dealkylation sites (N-methyl/N-ethyl adjacent to an activating group) is 1. The van der Waals surface area contributed by atoms with E-state index in [0.29, 0.717) is 26.0 Å². The molecule has 2 heterocycles. The smallest absolute Gasteiger partial charge is 0.408 e. The number of nitrogens with zero attached hydrogens (tertiary/aromatic N) is 1. The number of hydrogen-bond donors (Lipinski definition) is 1. The Balaban J connectivity index is 2.11. The maximum absolute atomic E-state index is 11.8. The molecule has 1 aliphatic heterocycles. The van der Waals surface area contributed by atoms with Crippen molar-refractivity contribution < 1.29 is 14.0 Å². The molecule has 0 atom stereocenters. The van der Waals surface area contributed by atoms with Crippen molar-refractivity contribution in [2.45, 2.75) is 0 Å². The number of aromatic amines is 1. The molecular formula is C12H7BrN2O4S. The van der Waals surface area contributed by atoms with Crippen LogP contribution < -0.4 is 5.76 Å². The number of halogens is 1. The molecule has 1 saturated heterocycles. The van der Waals surface area contributed by atoms with Crippen LogP contribution in [0.4, 0.5) is 4.79 Å². The highest BCUT2D eigenvalue weighted by Gasteiger charge is 2.31. The van der Waals surface area contributed by atoms with Crippen LogP contribution in [0, 0.1) is 0 Å². The second kappa shape index (κ2) is 4.64. The van der Waals surface area contributed by atoms with Crippen molar-refractivity contribution in [3.05, 3.63) is 37.6 Å². The normalized spacial score (nSPS) is 17.7. The number of oxazole rings is 1. The number of fused-ring (bicyclic) bond motifs is 1. The predicted octanol–water partition coefficient (Wildman–Crippen LogP) is 2.55. The molecule has 1 aromatic carbocycles. The van der Waals surface area contributed by atoms with Crippen LogP contribution in [0.25, 0.3) is 17.2 Å². The van der Waals surface area contributed by atoms with Crippen molar-refractivity contribution >= 4 is 56.0 Å². The second-order valence-corrected chi connectivity index (χ2v) is 5.97. The van der Waals surface area contributed by atoms with Crippen molar-refractivity contribution in [2.24, 2.45) is 0 Å². The molecule has 2 aromatic rings. The topological polar surface area (TPSA) is 83.4 Å². The Morgan fingerprint density at radius 3 is 2.75 bits per heavy atom. The fraction of sp³-hybridized carbons (Fsp3) is 0.0833. The van der Waals surface area contributed by atoms with E-state index in [-0.39, 0.29) is 11.1 Å². The van der Waals surface area contributed by atoms with Gasteiger partial charge in [0.25, 0.3) is 11.1 Å². The molecule has 3 rings (SSSR count). The molecule has 1 N–H and O–H groups in total. The number of benzene rings is 1. The Labute approximate surface area is 124 Å². The number of carbonyl (C=O) groups excluding carboxylic acids is 2. The third kappa shape index (κ3) is 2.10. The zero-order valence-corrected chi connectivity index (χ0v) is 12.5. The highest BCUT2D eigenvalue weighted by Crippen LogP contribution is 2.33. The van der Waals surface area contributed by atoms with Crippen molar-refractivity contribution in [3.63, 3.8) is 0 Å². The van der Waals surface area contributed by atoms with E-state index in [4.69, 9.17) is 4.42 Å². The van der Waals surface area contributed by atoms with Gasteiger partial charge in [0, 0.05) is 11.5 Å². The van der Waals surface area contributed by atoms with Gasteiger partial charge < -0.3 is 4.42 Å². The third-order valence-corrected chi connectivity index (χ3v) is 4.46. The molecule has 0 aliphatic carbocycles. The summed E-state index contributed by atoms with van der Waals surface area (Å²) >= 11 is 4.23. The molecule has 2 amide bonds. The molecule has 0 saturated carbocycles. The molecule has 1 aromatic heterocycles. The fourth-order valence-electron chi connectivity index (χ4n) is 1.78. The number of rotatable bonds is 1. The SMILES string of the molecule is CN1C(=O)S/C(=C\c2cc3oc(=O)[nH]c3cc2Br)C1=O. The summed E-state index contributed by atoms with van der Waals surface area (Å²) in [6.07, 6.45) is 1.59. The van der Waals surface area contributed by atoms with E-state index < -0.39 is 5.76 Å². The first-order valence-corrected chi connectivity index (χ1v) is 7.10. The first-order chi connectivity index (χ1) is 9.45. The molecule has 8 heteroatoms. The first kappa shape index (κ1) is 13.2. The summed E-state index contributed by atoms with van der Waals surface area (Å²) < 4.78 is 5.65. The molecule has 0 unspecified atom stereocenters. The summed E-state index contributed by atoms with van der Waals surface area (Å²) in [6, 6.07) is 3.31. The number of amides is 2. The van der Waals surface area contributed by atoms with E-state index in [1.807, 2.05) is 0 Å². The molecule has 0 bridgehead atoms. The lowest BCUT2D eigenvalue weighted by atomic mass is 10.2. The Morgan fingerprint density at radius 1 is 1.35 bits per heavy atom. The van der Waals surface area contributed by atoms with Crippen LogP contribution in [0.3, 0.4) is 0 Å². The minimum Gasteiger partial charge on any atom is -0.408 e. The summed E-state index contributed by atoms with van der Waals surface area (Å²) in [5.41, 5.74) is 1.60. The lowest BCUT2D eigenvalue weighted by molar-refractivity contribution is -0.121. The van der Waals surface area contributed by atoms with Crippen LogP contribution in [0.2, 0.25) is 0 Å². The highest BCUT2D eigenvalue weighted by molar-refractivity contribution is 9.10. The van der Waals surface area contributed by atoms with Crippen molar-refractivity contribution in [3.8, 4) is 0 Å². The Hall–Kier alpha value is -1.80. The van der Waals surface area contributed by atoms with Gasteiger partial charge in [-0.25, -0.2) is 4.79 Å². The lowest BCUT2D eigenvalue weighted by Gasteiger charge is -2.02. The predicted molar refractivity (Wildman–Crippen MR) is 78.3 cm³/mol. The van der Waals surface area contributed by atoms with Crippen LogP contribution >= 0.6 is 27.7 Å². The monoisotopic (exact) mass is 354 g/mol. The van der Waals surface area contributed by atoms with Gasteiger partial charge in [-0.15, -0.1) is 0 Å². The molecule has 1 aliphatic rings. The fourth-order valence-corrected chi connectivity index (χ4v) is 3.06. The number of nitrogens with one attached hydrogen (secondary N) is 1. The summed E-state index contributed by atoms with van der Waals surface area (Å²) in [6.45, 7) is 0. The van der Waals surface area contributed by atoms with Crippen LogP contribution in [0.1, 0.15) is 5.56 Å². The van der Waals surface area contributed by atoms with Gasteiger partial charge in [-0.2, -0.15) is 0 Å². The molecular weight excluding hydrogens is 348 g/mol. The summed E-state index contributed by atoms with van der Waals surface area (Å²) in [5.74, 6) is -0.888. The minimum absolute atomic E-state index is 0.313. The lowest BCUT2D eigenvalue weighted by Crippen LogP contribution is -2.22. The summed E-state index contributed by atoms with van der Waals surface area (Å²) in [4.78, 5) is 38.3. The standard InChI is InChI=1S/C12H7BrN2O4S/c1-15-10(16)9(20-12(15)18)3-5-2-8-7(4-6(5)13)14-11(17)19-8/h2-4H,1H3,(H,14,17)/b9-3-. The zero-order chi connectivity index (χ0) is 14.4. The number of thioether (sulfide) groups is 1. The Morgan fingerprint density at radius 2 is 2.10 bits per heavy atom. The Bertz CT molecular complexity index is 836. The van der Waals surface area contributed by atoms with Gasteiger partial charge >= 0.3 is 5.76 Å². The first-order valence-electron chi connectivity index (χ1n) is 5.49. The average molecular weight is 355 g/mol. The molecule has 0 spiro atoms. The molecule has 6 nitrogen and oxygen atoms in total. The number of imide groups is 1. The number of hydrogen-bond acceptors (Lipinski definition) is 5. The Kier molecular flexibility index (Phi) is 3.06. The maximum atomic E-state index is 11.8. The van der Waals surface area contributed by atoms with E-state index in [0.717, 1.165) is 16.7 Å². The summed E-state index contributed by atoms with van der Waals surface area (Å²) in [5, 5.41) is -0.313. The van der Waals surface area contributed by atoms with Gasteiger partial charge in [-0.05, 0) is 35.5 Å². The van der Waals surface area contributed by atoms with Crippen LogP contribution in [-0.2, 0) is 4.79 Å². The molecule has 0 radical (unpaired) electrons. The second-order valence-electron chi connectivity index (χ2n) is 4.13. The van der Waals surface area contributed by atoms with Gasteiger partial charge in [0.2, 0.25) is 0 Å². The van der Waals surface area contributed by atoms with Crippen LogP contribution in [0.15, 0.2) is 30.7 Å². The van der Waals surface area contributed by atoms with Gasteiger partial charge in [-0.1, -0.05) is 15.9 Å². The van der Waals surface area contributed by atoms with Crippen LogP contribution in [0.5, 0.6) is 0 Å². The van der Waals surface area contributed by atoms with Gasteiger partial charge in [0.1, 0.15) is 0 Å². The molecule has 102 valence electrons. The van der Waals surface area contributed by atoms with E-state index in [2.05, 4.69) is 20.9 Å². The van der Waals surface area contributed by atoms with E-state index in [1.54, 1.807) is 18.2 Å². The zero-order valence-electron chi connectivity index (χ0n) is 10.1.